The number of amides is 3. The highest BCUT2D eigenvalue weighted by Gasteiger charge is 2.18. The lowest BCUT2D eigenvalue weighted by molar-refractivity contribution is 0.0369. The summed E-state index contributed by atoms with van der Waals surface area (Å²) in [5.74, 6) is -0.336. The lowest BCUT2D eigenvalue weighted by Crippen LogP contribution is -2.39. The number of hydrogen-bond acceptors (Lipinski definition) is 6. The minimum absolute atomic E-state index is 0.197. The maximum Gasteiger partial charge on any atom is 0.315 e. The summed E-state index contributed by atoms with van der Waals surface area (Å²) in [5.41, 5.74) is 8.08. The molecule has 1 aromatic heterocycles. The monoisotopic (exact) mass is 454 g/mol. The fraction of sp³-hybridized carbons (Fsp3) is 0.458. The van der Waals surface area contributed by atoms with Crippen molar-refractivity contribution in [2.45, 2.75) is 32.2 Å². The quantitative estimate of drug-likeness (QED) is 0.410. The van der Waals surface area contributed by atoms with E-state index in [0.717, 1.165) is 57.7 Å². The average Bonchev–Trinajstić information content (AvgIpc) is 2.84. The Hall–Kier alpha value is -3.17. The Balaban J connectivity index is 1.63. The van der Waals surface area contributed by atoms with Gasteiger partial charge in [0.15, 0.2) is 0 Å². The number of rotatable bonds is 10. The first-order valence-corrected chi connectivity index (χ1v) is 11.5. The van der Waals surface area contributed by atoms with Gasteiger partial charge in [-0.3, -0.25) is 14.7 Å². The Bertz CT molecular complexity index is 899. The fourth-order valence-corrected chi connectivity index (χ4v) is 3.66. The number of nitrogens with one attached hydrogen (secondary N) is 3. The summed E-state index contributed by atoms with van der Waals surface area (Å²) in [6, 6.07) is 10.2. The van der Waals surface area contributed by atoms with E-state index in [-0.39, 0.29) is 23.7 Å². The van der Waals surface area contributed by atoms with Gasteiger partial charge in [-0.25, -0.2) is 4.79 Å². The Kier molecular flexibility index (Phi) is 9.46. The maximum absolute atomic E-state index is 12.6. The topological polar surface area (TPSA) is 122 Å². The van der Waals surface area contributed by atoms with Gasteiger partial charge in [0.25, 0.3) is 5.91 Å². The van der Waals surface area contributed by atoms with E-state index in [1.807, 2.05) is 13.0 Å². The summed E-state index contributed by atoms with van der Waals surface area (Å²) in [7, 11) is 0. The number of pyridine rings is 1. The molecule has 1 atom stereocenters. The fourth-order valence-electron chi connectivity index (χ4n) is 3.66. The molecule has 0 aliphatic carbocycles. The number of nitrogen functional groups attached to an aromatic ring is 1. The van der Waals surface area contributed by atoms with Gasteiger partial charge in [0.2, 0.25) is 0 Å². The number of urea groups is 1. The van der Waals surface area contributed by atoms with Crippen LogP contribution in [0.2, 0.25) is 0 Å². The Morgan fingerprint density at radius 1 is 1.18 bits per heavy atom. The molecule has 0 radical (unpaired) electrons. The third kappa shape index (κ3) is 7.73. The van der Waals surface area contributed by atoms with Gasteiger partial charge in [0.1, 0.15) is 5.69 Å². The first kappa shape index (κ1) is 24.5. The molecule has 0 spiro atoms. The van der Waals surface area contributed by atoms with Crippen molar-refractivity contribution in [3.63, 3.8) is 0 Å². The van der Waals surface area contributed by atoms with E-state index in [0.29, 0.717) is 17.9 Å². The number of nitrogens with zero attached hydrogens (tertiary/aromatic N) is 2. The summed E-state index contributed by atoms with van der Waals surface area (Å²) < 4.78 is 5.41. The normalized spacial score (nSPS) is 14.9. The average molecular weight is 455 g/mol. The number of carbonyl (C=O) groups excluding carboxylic acids is 2. The molecule has 178 valence electrons. The SMILES string of the molecule is CCCNC(=O)NC(CCCN1CCOCC1)c1ccc(C(=O)Nc2ccccc2N)nc1. The van der Waals surface area contributed by atoms with Crippen LogP contribution in [-0.4, -0.2) is 61.2 Å². The second-order valence-electron chi connectivity index (χ2n) is 8.07. The van der Waals surface area contributed by atoms with Gasteiger partial charge in [-0.15, -0.1) is 0 Å². The summed E-state index contributed by atoms with van der Waals surface area (Å²) in [6.45, 7) is 6.98. The zero-order valence-electron chi connectivity index (χ0n) is 19.2. The molecule has 9 heteroatoms. The molecule has 0 bridgehead atoms. The number of anilines is 2. The summed E-state index contributed by atoms with van der Waals surface area (Å²) >= 11 is 0. The van der Waals surface area contributed by atoms with Crippen LogP contribution < -0.4 is 21.7 Å². The number of nitrogens with two attached hydrogens (primary N) is 1. The van der Waals surface area contributed by atoms with Crippen LogP contribution in [0.1, 0.15) is 48.3 Å². The van der Waals surface area contributed by atoms with E-state index in [9.17, 15) is 9.59 Å². The summed E-state index contributed by atoms with van der Waals surface area (Å²) in [5, 5.41) is 8.69. The van der Waals surface area contributed by atoms with Crippen molar-refractivity contribution in [1.29, 1.82) is 0 Å². The predicted octanol–water partition coefficient (Wildman–Crippen LogP) is 2.78. The minimum atomic E-state index is -0.336. The molecule has 3 amide bonds. The second kappa shape index (κ2) is 12.8. The van der Waals surface area contributed by atoms with Crippen LogP contribution >= 0.6 is 0 Å². The molecule has 3 rings (SSSR count). The van der Waals surface area contributed by atoms with Crippen molar-refractivity contribution in [2.24, 2.45) is 0 Å². The molecule has 2 heterocycles. The Labute approximate surface area is 195 Å². The van der Waals surface area contributed by atoms with Gasteiger partial charge in [-0.2, -0.15) is 0 Å². The Morgan fingerprint density at radius 3 is 2.67 bits per heavy atom. The van der Waals surface area contributed by atoms with Crippen LogP contribution in [0.15, 0.2) is 42.6 Å². The highest BCUT2D eigenvalue weighted by atomic mass is 16.5. The van der Waals surface area contributed by atoms with Crippen molar-refractivity contribution in [3.05, 3.63) is 53.9 Å². The molecule has 9 nitrogen and oxygen atoms in total. The highest BCUT2D eigenvalue weighted by Crippen LogP contribution is 2.20. The minimum Gasteiger partial charge on any atom is -0.397 e. The molecule has 1 aliphatic heterocycles. The van der Waals surface area contributed by atoms with Crippen LogP contribution in [0.25, 0.3) is 0 Å². The number of morpholine rings is 1. The first-order valence-electron chi connectivity index (χ1n) is 11.5. The van der Waals surface area contributed by atoms with Crippen LogP contribution in [0.3, 0.4) is 0 Å². The van der Waals surface area contributed by atoms with Gasteiger partial charge in [0, 0.05) is 25.8 Å². The maximum atomic E-state index is 12.6. The van der Waals surface area contributed by atoms with Crippen LogP contribution in [-0.2, 0) is 4.74 Å². The van der Waals surface area contributed by atoms with Gasteiger partial charge in [-0.05, 0) is 49.6 Å². The van der Waals surface area contributed by atoms with E-state index < -0.39 is 0 Å². The van der Waals surface area contributed by atoms with Crippen molar-refractivity contribution >= 4 is 23.3 Å². The first-order chi connectivity index (χ1) is 16.1. The molecular weight excluding hydrogens is 420 g/mol. The summed E-state index contributed by atoms with van der Waals surface area (Å²) in [4.78, 5) is 31.6. The lowest BCUT2D eigenvalue weighted by atomic mass is 10.0. The number of para-hydroxylation sites is 2. The third-order valence-corrected chi connectivity index (χ3v) is 5.54. The molecule has 1 unspecified atom stereocenters. The smallest absolute Gasteiger partial charge is 0.315 e. The van der Waals surface area contributed by atoms with Crippen molar-refractivity contribution in [2.75, 3.05) is 50.4 Å². The van der Waals surface area contributed by atoms with Crippen molar-refractivity contribution in [1.82, 2.24) is 20.5 Å². The van der Waals surface area contributed by atoms with Crippen LogP contribution in [0, 0.1) is 0 Å². The zero-order valence-corrected chi connectivity index (χ0v) is 19.2. The second-order valence-corrected chi connectivity index (χ2v) is 8.07. The predicted molar refractivity (Wildman–Crippen MR) is 129 cm³/mol. The largest absolute Gasteiger partial charge is 0.397 e. The molecular formula is C24H34N6O3. The zero-order chi connectivity index (χ0) is 23.5. The van der Waals surface area contributed by atoms with E-state index in [2.05, 4.69) is 25.8 Å². The summed E-state index contributed by atoms with van der Waals surface area (Å²) in [6.07, 6.45) is 4.22. The van der Waals surface area contributed by atoms with Gasteiger partial charge >= 0.3 is 6.03 Å². The lowest BCUT2D eigenvalue weighted by Gasteiger charge is -2.27. The standard InChI is InChI=1S/C24H34N6O3/c1-2-11-26-24(32)29-20(8-5-12-30-13-15-33-16-14-30)18-9-10-22(27-17-18)23(31)28-21-7-4-3-6-19(21)25/h3-4,6-7,9-10,17,20H,2,5,8,11-16,25H2,1H3,(H,28,31)(H2,26,29,32). The van der Waals surface area contributed by atoms with Crippen molar-refractivity contribution in [3.8, 4) is 0 Å². The molecule has 1 saturated heterocycles. The number of aromatic nitrogens is 1. The van der Waals surface area contributed by atoms with E-state index >= 15 is 0 Å². The van der Waals surface area contributed by atoms with Crippen molar-refractivity contribution < 1.29 is 14.3 Å². The molecule has 5 N–H and O–H groups in total. The number of ether oxygens (including phenoxy) is 1. The molecule has 2 aromatic rings. The highest BCUT2D eigenvalue weighted by molar-refractivity contribution is 6.04. The molecule has 1 aromatic carbocycles. The number of hydrogen-bond donors (Lipinski definition) is 4. The molecule has 1 aliphatic rings. The third-order valence-electron chi connectivity index (χ3n) is 5.54. The van der Waals surface area contributed by atoms with E-state index in [4.69, 9.17) is 10.5 Å². The van der Waals surface area contributed by atoms with E-state index in [1.165, 1.54) is 0 Å². The van der Waals surface area contributed by atoms with Gasteiger partial charge < -0.3 is 26.4 Å². The molecule has 33 heavy (non-hydrogen) atoms. The molecule has 0 saturated carbocycles. The van der Waals surface area contributed by atoms with Crippen LogP contribution in [0.4, 0.5) is 16.2 Å². The number of benzene rings is 1. The van der Waals surface area contributed by atoms with Crippen LogP contribution in [0.5, 0.6) is 0 Å². The number of carbonyl (C=O) groups is 2. The van der Waals surface area contributed by atoms with Gasteiger partial charge in [-0.1, -0.05) is 25.1 Å². The molecule has 1 fully saturated rings. The Morgan fingerprint density at radius 2 is 1.97 bits per heavy atom. The van der Waals surface area contributed by atoms with Gasteiger partial charge in [0.05, 0.1) is 30.6 Å². The van der Waals surface area contributed by atoms with E-state index in [1.54, 1.807) is 36.5 Å².